The Bertz CT molecular complexity index is 4090. The first-order valence-corrected chi connectivity index (χ1v) is 25.4. The van der Waals surface area contributed by atoms with Crippen LogP contribution in [0.15, 0.2) is 168 Å². The van der Waals surface area contributed by atoms with E-state index in [2.05, 4.69) is 26.9 Å². The zero-order valence-electron chi connectivity index (χ0n) is 42.6. The maximum absolute atomic E-state index is 13.6. The summed E-state index contributed by atoms with van der Waals surface area (Å²) < 4.78 is 56.2. The number of Topliss-reactive ketones (excluding diaryl/α,β-unsaturated/α-hetero) is 3. The highest BCUT2D eigenvalue weighted by Crippen LogP contribution is 2.31. The number of unbranched alkanes of at least 4 members (excludes halogenated alkanes) is 1. The predicted molar refractivity (Wildman–Crippen MR) is 292 cm³/mol. The van der Waals surface area contributed by atoms with Crippen LogP contribution >= 0.6 is 0 Å². The van der Waals surface area contributed by atoms with E-state index in [9.17, 15) is 51.4 Å². The first-order valence-electron chi connectivity index (χ1n) is 25.4. The number of carbonyl (C=O) groups is 4. The molecule has 0 fully saturated rings. The Kier molecular flexibility index (Phi) is 16.5. The molecule has 17 heteroatoms. The van der Waals surface area contributed by atoms with Crippen molar-refractivity contribution in [1.82, 2.24) is 29.1 Å². The SMILES string of the molecule is CCCCC(=O)c1cnc2[nH]cc(-c3cccc(CCC(=O)c4cccn(Cc5ccc(F)c(F)c5)c4=O)c3)c2c1.O=C(O)c1cnc2[nH]cc(-c3cccc(CCC(=O)c4cccn(Cc5ccc(F)c(F)c5)c4=O)c3)c2c1. The second-order valence-corrected chi connectivity index (χ2v) is 18.9. The van der Waals surface area contributed by atoms with Gasteiger partial charge in [-0.05, 0) is 113 Å². The minimum Gasteiger partial charge on any atom is -0.478 e. The molecule has 0 saturated heterocycles. The third-order valence-electron chi connectivity index (χ3n) is 13.5. The summed E-state index contributed by atoms with van der Waals surface area (Å²) in [5, 5.41) is 10.8. The van der Waals surface area contributed by atoms with Crippen LogP contribution < -0.4 is 11.1 Å². The lowest BCUT2D eigenvalue weighted by Crippen LogP contribution is -2.26. The van der Waals surface area contributed by atoms with Crippen LogP contribution in [0.25, 0.3) is 44.3 Å². The molecule has 0 amide bonds. The summed E-state index contributed by atoms with van der Waals surface area (Å²) in [6, 6.07) is 31.7. The van der Waals surface area contributed by atoms with E-state index in [1.165, 1.54) is 52.0 Å². The molecule has 0 aliphatic rings. The molecule has 398 valence electrons. The van der Waals surface area contributed by atoms with Crippen LogP contribution in [0.4, 0.5) is 17.6 Å². The first kappa shape index (κ1) is 54.2. The average Bonchev–Trinajstić information content (AvgIpc) is 4.21. The quantitative estimate of drug-likeness (QED) is 0.0522. The summed E-state index contributed by atoms with van der Waals surface area (Å²) in [6.07, 6.45) is 12.8. The number of nitrogens with one attached hydrogen (secondary N) is 2. The zero-order valence-corrected chi connectivity index (χ0v) is 42.6. The van der Waals surface area contributed by atoms with Gasteiger partial charge in [0.2, 0.25) is 0 Å². The summed E-state index contributed by atoms with van der Waals surface area (Å²) in [6.45, 7) is 2.07. The summed E-state index contributed by atoms with van der Waals surface area (Å²) in [4.78, 5) is 90.6. The zero-order chi connectivity index (χ0) is 55.7. The predicted octanol–water partition coefficient (Wildman–Crippen LogP) is 12.1. The van der Waals surface area contributed by atoms with Crippen molar-refractivity contribution in [2.75, 3.05) is 0 Å². The van der Waals surface area contributed by atoms with Crippen molar-refractivity contribution in [3.8, 4) is 22.3 Å². The van der Waals surface area contributed by atoms with Crippen LogP contribution in [-0.4, -0.2) is 57.5 Å². The van der Waals surface area contributed by atoms with Gasteiger partial charge in [-0.25, -0.2) is 32.3 Å². The van der Waals surface area contributed by atoms with E-state index in [4.69, 9.17) is 0 Å². The molecule has 79 heavy (non-hydrogen) atoms. The molecule has 0 unspecified atom stereocenters. The molecular weight excluding hydrogens is 1020 g/mol. The summed E-state index contributed by atoms with van der Waals surface area (Å²) in [5.41, 5.74) is 7.07. The number of carbonyl (C=O) groups excluding carboxylic acids is 3. The monoisotopic (exact) mass is 1070 g/mol. The maximum Gasteiger partial charge on any atom is 0.337 e. The lowest BCUT2D eigenvalue weighted by Gasteiger charge is -2.09. The number of halogens is 4. The Hall–Kier alpha value is -9.64. The van der Waals surface area contributed by atoms with Crippen LogP contribution in [0.3, 0.4) is 0 Å². The minimum atomic E-state index is -1.07. The van der Waals surface area contributed by atoms with Gasteiger partial charge in [-0.2, -0.15) is 0 Å². The van der Waals surface area contributed by atoms with Crippen molar-refractivity contribution in [2.24, 2.45) is 0 Å². The fourth-order valence-corrected chi connectivity index (χ4v) is 9.23. The highest BCUT2D eigenvalue weighted by molar-refractivity contribution is 6.02. The van der Waals surface area contributed by atoms with Gasteiger partial charge in [-0.3, -0.25) is 24.0 Å². The van der Waals surface area contributed by atoms with Crippen molar-refractivity contribution in [3.05, 3.63) is 247 Å². The normalized spacial score (nSPS) is 11.2. The third kappa shape index (κ3) is 12.6. The molecule has 0 aliphatic carbocycles. The van der Waals surface area contributed by atoms with Crippen LogP contribution in [0.1, 0.15) is 103 Å². The Morgan fingerprint density at radius 3 is 1.44 bits per heavy atom. The lowest BCUT2D eigenvalue weighted by atomic mass is 9.98. The molecule has 0 saturated carbocycles. The Balaban J connectivity index is 0.000000192. The number of aromatic amines is 2. The van der Waals surface area contributed by atoms with Gasteiger partial charge in [0.1, 0.15) is 11.3 Å². The molecule has 6 aromatic heterocycles. The molecule has 4 aromatic carbocycles. The number of carboxylic acid groups (broad SMARTS) is 1. The number of aryl methyl sites for hydroxylation is 2. The van der Waals surface area contributed by atoms with Crippen molar-refractivity contribution < 1.29 is 41.8 Å². The number of fused-ring (bicyclic) bond motifs is 2. The average molecular weight is 1070 g/mol. The van der Waals surface area contributed by atoms with Gasteiger partial charge in [0.15, 0.2) is 40.6 Å². The number of hydrogen-bond acceptors (Lipinski definition) is 8. The lowest BCUT2D eigenvalue weighted by molar-refractivity contribution is 0.0695. The highest BCUT2D eigenvalue weighted by atomic mass is 19.2. The number of H-pyrrole nitrogens is 2. The van der Waals surface area contributed by atoms with Crippen molar-refractivity contribution in [2.45, 2.75) is 65.0 Å². The van der Waals surface area contributed by atoms with E-state index in [1.807, 2.05) is 60.8 Å². The van der Waals surface area contributed by atoms with Crippen LogP contribution in [0.5, 0.6) is 0 Å². The second-order valence-electron chi connectivity index (χ2n) is 18.9. The second kappa shape index (κ2) is 24.1. The number of ketones is 3. The number of aromatic nitrogens is 6. The van der Waals surface area contributed by atoms with Crippen molar-refractivity contribution >= 4 is 45.4 Å². The summed E-state index contributed by atoms with van der Waals surface area (Å²) in [7, 11) is 0. The molecule has 0 radical (unpaired) electrons. The van der Waals surface area contributed by atoms with E-state index < -0.39 is 40.4 Å². The maximum atomic E-state index is 13.6. The number of pyridine rings is 4. The number of nitrogens with zero attached hydrogens (tertiary/aromatic N) is 4. The van der Waals surface area contributed by atoms with E-state index in [1.54, 1.807) is 30.6 Å². The first-order chi connectivity index (χ1) is 38.1. The molecule has 0 spiro atoms. The van der Waals surface area contributed by atoms with E-state index in [0.717, 1.165) is 75.9 Å². The van der Waals surface area contributed by atoms with E-state index >= 15 is 0 Å². The number of hydrogen-bond donors (Lipinski definition) is 3. The van der Waals surface area contributed by atoms with Crippen molar-refractivity contribution in [1.29, 1.82) is 0 Å². The molecule has 6 heterocycles. The Labute approximate surface area is 448 Å². The smallest absolute Gasteiger partial charge is 0.337 e. The molecule has 0 bridgehead atoms. The number of rotatable bonds is 19. The number of benzene rings is 4. The minimum absolute atomic E-state index is 0.00225. The van der Waals surface area contributed by atoms with Gasteiger partial charge >= 0.3 is 5.97 Å². The van der Waals surface area contributed by atoms with Crippen molar-refractivity contribution in [3.63, 3.8) is 0 Å². The van der Waals surface area contributed by atoms with Gasteiger partial charge in [-0.1, -0.05) is 74.0 Å². The fourth-order valence-electron chi connectivity index (χ4n) is 9.23. The van der Waals surface area contributed by atoms with E-state index in [-0.39, 0.29) is 60.0 Å². The van der Waals surface area contributed by atoms with Gasteiger partial charge in [-0.15, -0.1) is 0 Å². The van der Waals surface area contributed by atoms with Gasteiger partial charge in [0, 0.05) is 83.9 Å². The third-order valence-corrected chi connectivity index (χ3v) is 13.5. The van der Waals surface area contributed by atoms with Crippen LogP contribution in [-0.2, 0) is 25.9 Å². The summed E-state index contributed by atoms with van der Waals surface area (Å²) >= 11 is 0. The highest BCUT2D eigenvalue weighted by Gasteiger charge is 2.18. The van der Waals surface area contributed by atoms with Gasteiger partial charge in [0.05, 0.1) is 29.8 Å². The standard InChI is InChI=1S/C33H29F2N3O3.C29H21F2N3O4/c1-2-3-9-30(39)24-17-26-27(19-37-32(26)36-18-24)23-7-4-6-21(15-23)11-13-31(40)25-8-5-14-38(33(25)41)20-22-10-12-28(34)29(35)16-22;30-24-8-6-18(12-25(24)31)16-34-10-2-5-21(28(34)36)26(35)9-7-17-3-1-4-19(11-17)23-15-33-27-22(23)13-20(14-32-27)29(37)38/h4-8,10,12,14-19H,2-3,9,11,13,20H2,1H3,(H,36,37);1-6,8,10-15H,7,9,16H2,(H,32,33)(H,37,38). The fraction of sp³-hybridized carbons (Fsp3) is 0.161. The molecule has 10 rings (SSSR count). The topological polar surface area (TPSA) is 190 Å². The van der Waals surface area contributed by atoms with Crippen LogP contribution in [0.2, 0.25) is 0 Å². The molecular formula is C62H50F4N6O7. The van der Waals surface area contributed by atoms with Gasteiger partial charge < -0.3 is 24.2 Å². The molecule has 13 nitrogen and oxygen atoms in total. The molecule has 3 N–H and O–H groups in total. The number of carboxylic acids is 1. The molecule has 0 atom stereocenters. The van der Waals surface area contributed by atoms with E-state index in [0.29, 0.717) is 52.6 Å². The van der Waals surface area contributed by atoms with Crippen LogP contribution in [0, 0.1) is 23.3 Å². The Morgan fingerprint density at radius 2 is 0.987 bits per heavy atom. The molecule has 10 aromatic rings. The molecule has 0 aliphatic heterocycles. The Morgan fingerprint density at radius 1 is 0.519 bits per heavy atom. The largest absolute Gasteiger partial charge is 0.478 e. The van der Waals surface area contributed by atoms with Gasteiger partial charge in [0.25, 0.3) is 11.1 Å². The number of aromatic carboxylic acids is 1. The summed E-state index contributed by atoms with van der Waals surface area (Å²) in [5.74, 6) is -5.55.